The van der Waals surface area contributed by atoms with Crippen LogP contribution in [0.4, 0.5) is 48.2 Å². The zero-order valence-electron chi connectivity index (χ0n) is 12.9. The number of nitro benzene ring substituents is 1. The maximum atomic E-state index is 13.4. The highest BCUT2D eigenvalue weighted by atomic mass is 32.1. The van der Waals surface area contributed by atoms with E-state index in [1.54, 1.807) is 0 Å². The van der Waals surface area contributed by atoms with Gasteiger partial charge in [-0.1, -0.05) is 3.89 Å². The fourth-order valence-corrected chi connectivity index (χ4v) is 2.78. The number of amides is 2. The van der Waals surface area contributed by atoms with Crippen molar-refractivity contribution in [3.8, 4) is 0 Å². The SMILES string of the molecule is CN(C)C(=O)[N+]1(S)C(C(F)(F)F)=Nc2c([N+](=O)[O-])cc(C(F)(F)F)cc21. The fourth-order valence-electron chi connectivity index (χ4n) is 2.29. The second kappa shape index (κ2) is 5.84. The van der Waals surface area contributed by atoms with Crippen molar-refractivity contribution in [2.75, 3.05) is 14.1 Å². The van der Waals surface area contributed by atoms with Crippen molar-refractivity contribution in [1.82, 2.24) is 8.79 Å². The number of alkyl halides is 6. The van der Waals surface area contributed by atoms with E-state index in [1.165, 1.54) is 0 Å². The molecule has 0 saturated carbocycles. The van der Waals surface area contributed by atoms with Gasteiger partial charge in [0.25, 0.3) is 0 Å². The normalized spacial score (nSPS) is 19.8. The molecule has 1 atom stereocenters. The van der Waals surface area contributed by atoms with E-state index in [0.29, 0.717) is 4.90 Å². The first-order chi connectivity index (χ1) is 11.6. The van der Waals surface area contributed by atoms with Crippen LogP contribution in [0.15, 0.2) is 17.1 Å². The molecule has 2 amide bonds. The van der Waals surface area contributed by atoms with E-state index in [4.69, 9.17) is 0 Å². The quantitative estimate of drug-likeness (QED) is 0.253. The number of aliphatic imine (C=N–C) groups is 1. The number of quaternary nitrogens is 1. The van der Waals surface area contributed by atoms with Gasteiger partial charge in [-0.05, 0) is 0 Å². The zero-order valence-corrected chi connectivity index (χ0v) is 13.8. The van der Waals surface area contributed by atoms with E-state index in [1.807, 2.05) is 0 Å². The number of urea groups is 1. The summed E-state index contributed by atoms with van der Waals surface area (Å²) in [6, 6.07) is -1.16. The monoisotopic (exact) mass is 403 g/mol. The number of carbonyl (C=O) groups is 1. The third-order valence-corrected chi connectivity index (χ3v) is 3.96. The van der Waals surface area contributed by atoms with Gasteiger partial charge in [-0.2, -0.15) is 31.3 Å². The Morgan fingerprint density at radius 3 is 2.12 bits per heavy atom. The number of nitro groups is 1. The van der Waals surface area contributed by atoms with Crippen molar-refractivity contribution < 1.29 is 36.1 Å². The summed E-state index contributed by atoms with van der Waals surface area (Å²) in [4.78, 5) is 25.8. The Balaban J connectivity index is 2.93. The second-order valence-corrected chi connectivity index (χ2v) is 5.96. The minimum atomic E-state index is -5.29. The number of amidine groups is 1. The summed E-state index contributed by atoms with van der Waals surface area (Å²) in [7, 11) is 2.10. The average Bonchev–Trinajstić information content (AvgIpc) is 2.78. The molecule has 1 aliphatic heterocycles. The van der Waals surface area contributed by atoms with Gasteiger partial charge in [0.2, 0.25) is 5.69 Å². The summed E-state index contributed by atoms with van der Waals surface area (Å²) in [5.74, 6) is -1.91. The standard InChI is InChI=1S/C12H9F6N4O3S/c1-20(2)10(23)22(26)7-4-5(11(13,14)15)3-6(21(24)25)8(7)19-9(22)12(16,17)18/h3-4,26H,1-2H3/q+1. The minimum absolute atomic E-state index is 0.0555. The largest absolute Gasteiger partial charge is 0.489 e. The van der Waals surface area contributed by atoms with Crippen LogP contribution in [0.1, 0.15) is 5.56 Å². The molecular formula is C12H9F6N4O3S+. The van der Waals surface area contributed by atoms with Crippen LogP contribution in [0, 0.1) is 10.1 Å². The lowest BCUT2D eigenvalue weighted by molar-refractivity contribution is -0.384. The van der Waals surface area contributed by atoms with Gasteiger partial charge in [-0.25, -0.2) is 4.79 Å². The number of hydrogen-bond donors (Lipinski definition) is 1. The van der Waals surface area contributed by atoms with Crippen LogP contribution in [-0.4, -0.2) is 42.0 Å². The van der Waals surface area contributed by atoms with E-state index in [9.17, 15) is 41.3 Å². The highest BCUT2D eigenvalue weighted by Crippen LogP contribution is 2.53. The lowest BCUT2D eigenvalue weighted by atomic mass is 10.1. The number of halogens is 6. The lowest BCUT2D eigenvalue weighted by Gasteiger charge is -2.28. The molecule has 2 rings (SSSR count). The van der Waals surface area contributed by atoms with Crippen molar-refractivity contribution in [2.45, 2.75) is 12.4 Å². The molecule has 0 N–H and O–H groups in total. The van der Waals surface area contributed by atoms with Crippen molar-refractivity contribution in [3.63, 3.8) is 0 Å². The summed E-state index contributed by atoms with van der Waals surface area (Å²) in [6.07, 6.45) is -10.4. The van der Waals surface area contributed by atoms with Crippen LogP contribution in [0.25, 0.3) is 0 Å². The summed E-state index contributed by atoms with van der Waals surface area (Å²) in [6.45, 7) is 0. The molecule has 1 aliphatic rings. The first-order valence-electron chi connectivity index (χ1n) is 6.52. The van der Waals surface area contributed by atoms with E-state index in [2.05, 4.69) is 17.8 Å². The van der Waals surface area contributed by atoms with Crippen LogP contribution in [0.3, 0.4) is 0 Å². The van der Waals surface area contributed by atoms with Gasteiger partial charge >= 0.3 is 29.9 Å². The van der Waals surface area contributed by atoms with Crippen molar-refractivity contribution in [3.05, 3.63) is 27.8 Å². The highest BCUT2D eigenvalue weighted by Gasteiger charge is 2.63. The molecule has 142 valence electrons. The topological polar surface area (TPSA) is 75.8 Å². The molecule has 14 heteroatoms. The first-order valence-corrected chi connectivity index (χ1v) is 6.92. The average molecular weight is 403 g/mol. The molecule has 1 aromatic carbocycles. The Kier molecular flexibility index (Phi) is 4.48. The Labute approximate surface area is 146 Å². The molecule has 0 fully saturated rings. The Morgan fingerprint density at radius 2 is 1.73 bits per heavy atom. The number of thiol groups is 1. The molecule has 0 spiro atoms. The molecule has 1 aromatic rings. The van der Waals surface area contributed by atoms with Crippen LogP contribution >= 0.6 is 12.8 Å². The Morgan fingerprint density at radius 1 is 1.19 bits per heavy atom. The molecule has 0 saturated heterocycles. The lowest BCUT2D eigenvalue weighted by Crippen LogP contribution is -2.58. The van der Waals surface area contributed by atoms with Gasteiger partial charge in [0, 0.05) is 26.2 Å². The smallest absolute Gasteiger partial charge is 0.297 e. The number of fused-ring (bicyclic) bond motifs is 1. The van der Waals surface area contributed by atoms with Crippen LogP contribution in [-0.2, 0) is 6.18 Å². The van der Waals surface area contributed by atoms with E-state index in [-0.39, 0.29) is 12.1 Å². The van der Waals surface area contributed by atoms with Crippen molar-refractivity contribution in [1.29, 1.82) is 0 Å². The van der Waals surface area contributed by atoms with Crippen molar-refractivity contribution in [2.24, 2.45) is 4.99 Å². The van der Waals surface area contributed by atoms with E-state index < -0.39 is 55.7 Å². The second-order valence-electron chi connectivity index (χ2n) is 5.36. The van der Waals surface area contributed by atoms with Gasteiger partial charge in [-0.3, -0.25) is 15.0 Å². The first kappa shape index (κ1) is 20.0. The molecule has 0 radical (unpaired) electrons. The number of rotatable bonds is 1. The zero-order chi connectivity index (χ0) is 20.2. The van der Waals surface area contributed by atoms with Crippen molar-refractivity contribution >= 4 is 41.7 Å². The summed E-state index contributed by atoms with van der Waals surface area (Å²) < 4.78 is 77.0. The fraction of sp³-hybridized carbons (Fsp3) is 0.333. The number of benzene rings is 1. The van der Waals surface area contributed by atoms with E-state index in [0.717, 1.165) is 14.1 Å². The molecular weight excluding hydrogens is 394 g/mol. The van der Waals surface area contributed by atoms with Crippen LogP contribution in [0.2, 0.25) is 0 Å². The molecule has 26 heavy (non-hydrogen) atoms. The summed E-state index contributed by atoms with van der Waals surface area (Å²) >= 11 is 3.65. The Hall–Kier alpha value is -2.35. The summed E-state index contributed by atoms with van der Waals surface area (Å²) in [5.41, 5.74) is -4.96. The van der Waals surface area contributed by atoms with E-state index >= 15 is 0 Å². The number of carbonyl (C=O) groups excluding carboxylic acids is 1. The van der Waals surface area contributed by atoms with Crippen LogP contribution < -0.4 is 3.89 Å². The van der Waals surface area contributed by atoms with Gasteiger partial charge in [-0.15, -0.1) is 0 Å². The van der Waals surface area contributed by atoms with Gasteiger partial charge in [0.1, 0.15) is 0 Å². The molecule has 0 aliphatic carbocycles. The third-order valence-electron chi connectivity index (χ3n) is 3.38. The molecule has 1 heterocycles. The summed E-state index contributed by atoms with van der Waals surface area (Å²) in [5, 5.41) is 11.1. The van der Waals surface area contributed by atoms with Gasteiger partial charge in [0.15, 0.2) is 5.69 Å². The highest BCUT2D eigenvalue weighted by molar-refractivity contribution is 7.81. The molecule has 0 bridgehead atoms. The van der Waals surface area contributed by atoms with Crippen LogP contribution in [0.5, 0.6) is 0 Å². The minimum Gasteiger partial charge on any atom is -0.297 e. The molecule has 1 unspecified atom stereocenters. The van der Waals surface area contributed by atoms with Gasteiger partial charge in [0.05, 0.1) is 23.3 Å². The molecule has 0 aromatic heterocycles. The number of nitrogens with zero attached hydrogens (tertiary/aromatic N) is 4. The van der Waals surface area contributed by atoms with Gasteiger partial charge < -0.3 is 0 Å². The predicted octanol–water partition coefficient (Wildman–Crippen LogP) is 4.05. The maximum absolute atomic E-state index is 13.4. The Bertz CT molecular complexity index is 835. The third kappa shape index (κ3) is 2.98. The predicted molar refractivity (Wildman–Crippen MR) is 81.1 cm³/mol. The molecule has 7 nitrogen and oxygen atoms in total. The maximum Gasteiger partial charge on any atom is 0.489 e. The number of hydrogen-bond acceptors (Lipinski definition) is 5.